The van der Waals surface area contributed by atoms with Gasteiger partial charge in [0, 0.05) is 17.8 Å². The molecule has 0 N–H and O–H groups in total. The van der Waals surface area contributed by atoms with Gasteiger partial charge in [0.2, 0.25) is 5.88 Å². The quantitative estimate of drug-likeness (QED) is 0.317. The molecule has 0 atom stereocenters. The molecule has 148 valence electrons. The van der Waals surface area contributed by atoms with Crippen molar-refractivity contribution in [3.63, 3.8) is 0 Å². The molecule has 6 heteroatoms. The van der Waals surface area contributed by atoms with Gasteiger partial charge in [0.1, 0.15) is 23.7 Å². The highest BCUT2D eigenvalue weighted by Gasteiger charge is 2.18. The fourth-order valence-electron chi connectivity index (χ4n) is 2.64. The second-order valence-corrected chi connectivity index (χ2v) is 5.96. The van der Waals surface area contributed by atoms with Crippen LogP contribution >= 0.6 is 0 Å². The number of carbonyl (C=O) groups excluding carboxylic acids is 1. The molecule has 3 aromatic rings. The van der Waals surface area contributed by atoms with Crippen LogP contribution in [-0.2, 0) is 20.9 Å². The molecule has 1 aromatic heterocycles. The van der Waals surface area contributed by atoms with Crippen molar-refractivity contribution in [3.05, 3.63) is 90.3 Å². The summed E-state index contributed by atoms with van der Waals surface area (Å²) in [6.07, 6.45) is 3.02. The van der Waals surface area contributed by atoms with Crippen molar-refractivity contribution in [1.29, 1.82) is 0 Å². The maximum absolute atomic E-state index is 12.1. The molecular formula is C23H21NO5. The number of benzene rings is 2. The van der Waals surface area contributed by atoms with Crippen molar-refractivity contribution in [1.82, 2.24) is 4.98 Å². The number of rotatable bonds is 8. The van der Waals surface area contributed by atoms with E-state index < -0.39 is 5.97 Å². The molecule has 0 aliphatic heterocycles. The molecule has 0 bridgehead atoms. The molecule has 0 spiro atoms. The fraction of sp³-hybridized carbons (Fsp3) is 0.130. The number of hydrogen-bond acceptors (Lipinski definition) is 6. The van der Waals surface area contributed by atoms with E-state index in [-0.39, 0.29) is 5.57 Å². The van der Waals surface area contributed by atoms with Gasteiger partial charge in [0.15, 0.2) is 0 Å². The third kappa shape index (κ3) is 5.35. The zero-order chi connectivity index (χ0) is 20.5. The molecular weight excluding hydrogens is 370 g/mol. The van der Waals surface area contributed by atoms with Crippen LogP contribution in [0.2, 0.25) is 0 Å². The van der Waals surface area contributed by atoms with Crippen LogP contribution in [0.3, 0.4) is 0 Å². The highest BCUT2D eigenvalue weighted by molar-refractivity contribution is 6.17. The fourth-order valence-corrected chi connectivity index (χ4v) is 2.64. The number of hydrogen-bond donors (Lipinski definition) is 0. The summed E-state index contributed by atoms with van der Waals surface area (Å²) in [5.74, 6) is 1.15. The molecule has 3 rings (SSSR count). The van der Waals surface area contributed by atoms with Gasteiger partial charge in [0.25, 0.3) is 0 Å². The Morgan fingerprint density at radius 2 is 1.83 bits per heavy atom. The molecule has 0 unspecified atom stereocenters. The number of nitrogens with zero attached hydrogens (tertiary/aromatic N) is 1. The highest BCUT2D eigenvalue weighted by Crippen LogP contribution is 2.31. The summed E-state index contributed by atoms with van der Waals surface area (Å²) < 4.78 is 21.6. The Kier molecular flexibility index (Phi) is 6.84. The van der Waals surface area contributed by atoms with E-state index in [0.29, 0.717) is 29.5 Å². The number of pyridine rings is 1. The zero-order valence-electron chi connectivity index (χ0n) is 16.2. The van der Waals surface area contributed by atoms with Crippen molar-refractivity contribution in [3.8, 4) is 17.4 Å². The van der Waals surface area contributed by atoms with Crippen molar-refractivity contribution in [2.45, 2.75) is 6.61 Å². The molecule has 0 aliphatic carbocycles. The number of ether oxygens (including phenoxy) is 4. The predicted molar refractivity (Wildman–Crippen MR) is 109 cm³/mol. The Morgan fingerprint density at radius 3 is 2.59 bits per heavy atom. The Balaban J connectivity index is 1.80. The van der Waals surface area contributed by atoms with Gasteiger partial charge >= 0.3 is 5.97 Å². The van der Waals surface area contributed by atoms with Crippen LogP contribution in [0, 0.1) is 0 Å². The molecule has 0 aliphatic rings. The first kappa shape index (κ1) is 19.9. The van der Waals surface area contributed by atoms with E-state index in [0.717, 1.165) is 5.56 Å². The van der Waals surface area contributed by atoms with E-state index >= 15 is 0 Å². The van der Waals surface area contributed by atoms with Crippen LogP contribution < -0.4 is 9.47 Å². The lowest BCUT2D eigenvalue weighted by atomic mass is 10.1. The van der Waals surface area contributed by atoms with Crippen LogP contribution in [0.25, 0.3) is 5.57 Å². The van der Waals surface area contributed by atoms with Gasteiger partial charge in [-0.05, 0) is 29.8 Å². The minimum Gasteiger partial charge on any atom is -0.503 e. The van der Waals surface area contributed by atoms with E-state index in [1.54, 1.807) is 24.4 Å². The number of aromatic nitrogens is 1. The lowest BCUT2D eigenvalue weighted by Crippen LogP contribution is -2.05. The maximum Gasteiger partial charge on any atom is 0.341 e. The van der Waals surface area contributed by atoms with Gasteiger partial charge in [-0.1, -0.05) is 36.4 Å². The van der Waals surface area contributed by atoms with Crippen LogP contribution in [-0.4, -0.2) is 25.2 Å². The topological polar surface area (TPSA) is 66.9 Å². The number of methoxy groups -OCH3 is 2. The molecule has 0 saturated carbocycles. The van der Waals surface area contributed by atoms with E-state index in [4.69, 9.17) is 18.9 Å². The Bertz CT molecular complexity index is 985. The minimum absolute atomic E-state index is 0.264. The SMILES string of the molecule is CO/C=C(/C(=O)OC)c1ccccc1Oc1cccc(COc2ccccn2)c1. The summed E-state index contributed by atoms with van der Waals surface area (Å²) in [4.78, 5) is 16.3. The summed E-state index contributed by atoms with van der Waals surface area (Å²) in [6.45, 7) is 0.354. The van der Waals surface area contributed by atoms with Gasteiger partial charge < -0.3 is 18.9 Å². The molecule has 0 radical (unpaired) electrons. The molecule has 0 amide bonds. The molecule has 2 aromatic carbocycles. The van der Waals surface area contributed by atoms with Crippen LogP contribution in [0.15, 0.2) is 79.2 Å². The average Bonchev–Trinajstić information content (AvgIpc) is 2.77. The van der Waals surface area contributed by atoms with Crippen LogP contribution in [0.1, 0.15) is 11.1 Å². The van der Waals surface area contributed by atoms with Gasteiger partial charge in [0.05, 0.1) is 20.5 Å². The summed E-state index contributed by atoms with van der Waals surface area (Å²) in [5, 5.41) is 0. The lowest BCUT2D eigenvalue weighted by molar-refractivity contribution is -0.133. The third-order valence-corrected chi connectivity index (χ3v) is 3.97. The maximum atomic E-state index is 12.1. The zero-order valence-corrected chi connectivity index (χ0v) is 16.2. The van der Waals surface area contributed by atoms with Crippen LogP contribution in [0.4, 0.5) is 0 Å². The predicted octanol–water partition coefficient (Wildman–Crippen LogP) is 4.61. The van der Waals surface area contributed by atoms with Gasteiger partial charge in [-0.3, -0.25) is 0 Å². The average molecular weight is 391 g/mol. The van der Waals surface area contributed by atoms with Crippen LogP contribution in [0.5, 0.6) is 17.4 Å². The normalized spacial score (nSPS) is 10.9. The molecule has 0 saturated heterocycles. The largest absolute Gasteiger partial charge is 0.503 e. The Morgan fingerprint density at radius 1 is 1.00 bits per heavy atom. The lowest BCUT2D eigenvalue weighted by Gasteiger charge is -2.13. The highest BCUT2D eigenvalue weighted by atomic mass is 16.5. The smallest absolute Gasteiger partial charge is 0.341 e. The first-order valence-electron chi connectivity index (χ1n) is 8.92. The summed E-state index contributed by atoms with van der Waals surface area (Å²) >= 11 is 0. The van der Waals surface area contributed by atoms with E-state index in [2.05, 4.69) is 4.98 Å². The van der Waals surface area contributed by atoms with Gasteiger partial charge in [-0.15, -0.1) is 0 Å². The standard InChI is InChI=1S/C23H21NO5/c1-26-16-20(23(25)27-2)19-10-3-4-11-21(19)29-18-9-7-8-17(14-18)15-28-22-12-5-6-13-24-22/h3-14,16H,15H2,1-2H3/b20-16+. The van der Waals surface area contributed by atoms with Crippen molar-refractivity contribution in [2.75, 3.05) is 14.2 Å². The third-order valence-electron chi connectivity index (χ3n) is 3.97. The van der Waals surface area contributed by atoms with Crippen molar-refractivity contribution in [2.24, 2.45) is 0 Å². The Hall–Kier alpha value is -3.80. The Labute approximate surface area is 169 Å². The van der Waals surface area contributed by atoms with E-state index in [1.807, 2.05) is 48.5 Å². The second-order valence-electron chi connectivity index (χ2n) is 5.96. The molecule has 29 heavy (non-hydrogen) atoms. The van der Waals surface area contributed by atoms with Crippen molar-refractivity contribution >= 4 is 11.5 Å². The van der Waals surface area contributed by atoms with Gasteiger partial charge in [-0.2, -0.15) is 0 Å². The monoisotopic (exact) mass is 391 g/mol. The number of para-hydroxylation sites is 1. The summed E-state index contributed by atoms with van der Waals surface area (Å²) in [6, 6.07) is 20.2. The number of esters is 1. The van der Waals surface area contributed by atoms with E-state index in [9.17, 15) is 4.79 Å². The molecule has 6 nitrogen and oxygen atoms in total. The van der Waals surface area contributed by atoms with E-state index in [1.165, 1.54) is 20.5 Å². The minimum atomic E-state index is -0.514. The van der Waals surface area contributed by atoms with Gasteiger partial charge in [-0.25, -0.2) is 9.78 Å². The summed E-state index contributed by atoms with van der Waals surface area (Å²) in [7, 11) is 2.79. The number of carbonyl (C=O) groups is 1. The second kappa shape index (κ2) is 9.94. The summed E-state index contributed by atoms with van der Waals surface area (Å²) in [5.41, 5.74) is 1.75. The molecule has 0 fully saturated rings. The molecule has 1 heterocycles. The first-order valence-corrected chi connectivity index (χ1v) is 8.92. The van der Waals surface area contributed by atoms with Crippen molar-refractivity contribution < 1.29 is 23.7 Å². The first-order chi connectivity index (χ1) is 14.2.